The smallest absolute Gasteiger partial charge is 0.316 e. The molecule has 1 heterocycles. The van der Waals surface area contributed by atoms with Gasteiger partial charge in [0.25, 0.3) is 5.91 Å². The summed E-state index contributed by atoms with van der Waals surface area (Å²) < 4.78 is 4.86. The standard InChI is InChI=1S/C18H19N3O4S/c1-12-8-13(2)20-18(19-12)26-11-17(24)25-10-16(23)21-15(22)9-14-6-4-3-5-7-14/h3-8H,9-11H2,1-2H3,(H,21,22,23). The molecule has 0 unspecified atom stereocenters. The van der Waals surface area contributed by atoms with Crippen LogP contribution in [-0.4, -0.2) is 40.1 Å². The number of hydrogen-bond donors (Lipinski definition) is 1. The fourth-order valence-corrected chi connectivity index (χ4v) is 2.83. The maximum atomic E-state index is 11.7. The summed E-state index contributed by atoms with van der Waals surface area (Å²) in [6.07, 6.45) is 0.0838. The fraction of sp³-hybridized carbons (Fsp3) is 0.278. The Morgan fingerprint density at radius 1 is 1.04 bits per heavy atom. The number of nitrogens with one attached hydrogen (secondary N) is 1. The summed E-state index contributed by atoms with van der Waals surface area (Å²) >= 11 is 1.13. The van der Waals surface area contributed by atoms with Gasteiger partial charge in [0.15, 0.2) is 11.8 Å². The molecule has 0 bridgehead atoms. The summed E-state index contributed by atoms with van der Waals surface area (Å²) in [5.41, 5.74) is 2.41. The van der Waals surface area contributed by atoms with Gasteiger partial charge in [-0.3, -0.25) is 19.7 Å². The second-order valence-electron chi connectivity index (χ2n) is 5.52. The number of aryl methyl sites for hydroxylation is 2. The van der Waals surface area contributed by atoms with E-state index in [0.717, 1.165) is 28.7 Å². The van der Waals surface area contributed by atoms with Crippen LogP contribution >= 0.6 is 11.8 Å². The summed E-state index contributed by atoms with van der Waals surface area (Å²) in [6.45, 7) is 3.18. The molecule has 2 amide bonds. The number of benzene rings is 1. The molecule has 0 radical (unpaired) electrons. The Balaban J connectivity index is 1.69. The number of amides is 2. The molecule has 0 saturated carbocycles. The SMILES string of the molecule is Cc1cc(C)nc(SCC(=O)OCC(=O)NC(=O)Cc2ccccc2)n1. The largest absolute Gasteiger partial charge is 0.455 e. The molecule has 0 aliphatic carbocycles. The Kier molecular flexibility index (Phi) is 7.28. The molecule has 1 aromatic carbocycles. The molecule has 7 nitrogen and oxygen atoms in total. The number of imide groups is 1. The van der Waals surface area contributed by atoms with E-state index < -0.39 is 24.4 Å². The normalized spacial score (nSPS) is 10.2. The summed E-state index contributed by atoms with van der Waals surface area (Å²) in [4.78, 5) is 43.5. The molecule has 8 heteroatoms. The first kappa shape index (κ1) is 19.6. The number of carbonyl (C=O) groups is 3. The molecular weight excluding hydrogens is 354 g/mol. The van der Waals surface area contributed by atoms with Gasteiger partial charge in [-0.2, -0.15) is 0 Å². The first-order chi connectivity index (χ1) is 12.4. The zero-order chi connectivity index (χ0) is 18.9. The van der Waals surface area contributed by atoms with Gasteiger partial charge in [0.1, 0.15) is 0 Å². The average molecular weight is 373 g/mol. The maximum absolute atomic E-state index is 11.7. The lowest BCUT2D eigenvalue weighted by Crippen LogP contribution is -2.35. The Labute approximate surface area is 155 Å². The van der Waals surface area contributed by atoms with Gasteiger partial charge in [-0.25, -0.2) is 9.97 Å². The van der Waals surface area contributed by atoms with E-state index in [1.165, 1.54) is 0 Å². The summed E-state index contributed by atoms with van der Waals surface area (Å²) in [5, 5.41) is 2.66. The van der Waals surface area contributed by atoms with Crippen LogP contribution in [-0.2, 0) is 25.5 Å². The van der Waals surface area contributed by atoms with Crippen LogP contribution in [0, 0.1) is 13.8 Å². The molecule has 0 aliphatic rings. The highest BCUT2D eigenvalue weighted by Gasteiger charge is 2.12. The number of rotatable bonds is 7. The van der Waals surface area contributed by atoms with E-state index >= 15 is 0 Å². The lowest BCUT2D eigenvalue weighted by molar-refractivity contribution is -0.147. The fourth-order valence-electron chi connectivity index (χ4n) is 2.09. The highest BCUT2D eigenvalue weighted by Crippen LogP contribution is 2.14. The Hall–Kier alpha value is -2.74. The first-order valence-electron chi connectivity index (χ1n) is 7.89. The number of nitrogens with zero attached hydrogens (tertiary/aromatic N) is 2. The maximum Gasteiger partial charge on any atom is 0.316 e. The highest BCUT2D eigenvalue weighted by molar-refractivity contribution is 7.99. The third-order valence-electron chi connectivity index (χ3n) is 3.13. The summed E-state index contributed by atoms with van der Waals surface area (Å²) in [6, 6.07) is 10.9. The summed E-state index contributed by atoms with van der Waals surface area (Å²) in [5.74, 6) is -1.71. The van der Waals surface area contributed by atoms with Gasteiger partial charge in [-0.05, 0) is 25.5 Å². The molecule has 2 aromatic rings. The minimum Gasteiger partial charge on any atom is -0.455 e. The van der Waals surface area contributed by atoms with Gasteiger partial charge in [0.05, 0.1) is 12.2 Å². The van der Waals surface area contributed by atoms with E-state index in [0.29, 0.717) is 5.16 Å². The summed E-state index contributed by atoms with van der Waals surface area (Å²) in [7, 11) is 0. The van der Waals surface area contributed by atoms with E-state index in [1.54, 1.807) is 12.1 Å². The topological polar surface area (TPSA) is 98.2 Å². The van der Waals surface area contributed by atoms with Crippen molar-refractivity contribution in [2.24, 2.45) is 0 Å². The van der Waals surface area contributed by atoms with Crippen LogP contribution in [0.25, 0.3) is 0 Å². The molecule has 2 rings (SSSR count). The van der Waals surface area contributed by atoms with Crippen molar-refractivity contribution in [1.82, 2.24) is 15.3 Å². The highest BCUT2D eigenvalue weighted by atomic mass is 32.2. The molecule has 1 aromatic heterocycles. The number of carbonyl (C=O) groups excluding carboxylic acids is 3. The van der Waals surface area contributed by atoms with Crippen LogP contribution in [0.5, 0.6) is 0 Å². The molecule has 0 spiro atoms. The zero-order valence-corrected chi connectivity index (χ0v) is 15.3. The third kappa shape index (κ3) is 7.02. The monoisotopic (exact) mass is 373 g/mol. The van der Waals surface area contributed by atoms with Gasteiger partial charge in [-0.15, -0.1) is 0 Å². The molecule has 0 atom stereocenters. The predicted molar refractivity (Wildman–Crippen MR) is 96.5 cm³/mol. The van der Waals surface area contributed by atoms with E-state index in [9.17, 15) is 14.4 Å². The van der Waals surface area contributed by atoms with Gasteiger partial charge >= 0.3 is 5.97 Å². The van der Waals surface area contributed by atoms with Crippen molar-refractivity contribution >= 4 is 29.5 Å². The van der Waals surface area contributed by atoms with Crippen LogP contribution < -0.4 is 5.32 Å². The van der Waals surface area contributed by atoms with Crippen LogP contribution in [0.3, 0.4) is 0 Å². The van der Waals surface area contributed by atoms with Crippen molar-refractivity contribution in [2.45, 2.75) is 25.4 Å². The third-order valence-corrected chi connectivity index (χ3v) is 3.95. The first-order valence-corrected chi connectivity index (χ1v) is 8.88. The minimum absolute atomic E-state index is 0.0197. The van der Waals surface area contributed by atoms with Crippen molar-refractivity contribution in [3.63, 3.8) is 0 Å². The number of ether oxygens (including phenoxy) is 1. The van der Waals surface area contributed by atoms with E-state index in [1.807, 2.05) is 38.1 Å². The quantitative estimate of drug-likeness (QED) is 0.447. The number of thioether (sulfide) groups is 1. The van der Waals surface area contributed by atoms with Crippen molar-refractivity contribution < 1.29 is 19.1 Å². The Morgan fingerprint density at radius 3 is 2.35 bits per heavy atom. The van der Waals surface area contributed by atoms with Gasteiger partial charge in [-0.1, -0.05) is 42.1 Å². The van der Waals surface area contributed by atoms with Crippen LogP contribution in [0.1, 0.15) is 17.0 Å². The van der Waals surface area contributed by atoms with Crippen LogP contribution in [0.15, 0.2) is 41.6 Å². The van der Waals surface area contributed by atoms with Gasteiger partial charge in [0.2, 0.25) is 5.91 Å². The van der Waals surface area contributed by atoms with Crippen molar-refractivity contribution in [3.05, 3.63) is 53.3 Å². The van der Waals surface area contributed by atoms with Crippen LogP contribution in [0.4, 0.5) is 0 Å². The van der Waals surface area contributed by atoms with Crippen molar-refractivity contribution in [2.75, 3.05) is 12.4 Å². The molecule has 0 aliphatic heterocycles. The molecule has 136 valence electrons. The molecule has 1 N–H and O–H groups in total. The molecule has 0 fully saturated rings. The Bertz CT molecular complexity index is 776. The second-order valence-corrected chi connectivity index (χ2v) is 6.46. The lowest BCUT2D eigenvalue weighted by Gasteiger charge is -2.06. The second kappa shape index (κ2) is 9.67. The van der Waals surface area contributed by atoms with Crippen molar-refractivity contribution in [3.8, 4) is 0 Å². The lowest BCUT2D eigenvalue weighted by atomic mass is 10.1. The van der Waals surface area contributed by atoms with Crippen molar-refractivity contribution in [1.29, 1.82) is 0 Å². The number of hydrogen-bond acceptors (Lipinski definition) is 7. The minimum atomic E-state index is -0.660. The predicted octanol–water partition coefficient (Wildman–Crippen LogP) is 1.61. The van der Waals surface area contributed by atoms with E-state index in [-0.39, 0.29) is 12.2 Å². The zero-order valence-electron chi connectivity index (χ0n) is 14.5. The molecular formula is C18H19N3O4S. The number of esters is 1. The van der Waals surface area contributed by atoms with Gasteiger partial charge < -0.3 is 4.74 Å². The number of aromatic nitrogens is 2. The van der Waals surface area contributed by atoms with E-state index in [2.05, 4.69) is 15.3 Å². The van der Waals surface area contributed by atoms with Crippen LogP contribution in [0.2, 0.25) is 0 Å². The molecule has 0 saturated heterocycles. The van der Waals surface area contributed by atoms with E-state index in [4.69, 9.17) is 4.74 Å². The molecule has 26 heavy (non-hydrogen) atoms. The Morgan fingerprint density at radius 2 is 1.69 bits per heavy atom. The van der Waals surface area contributed by atoms with Gasteiger partial charge in [0, 0.05) is 11.4 Å². The average Bonchev–Trinajstić information content (AvgIpc) is 2.58.